The van der Waals surface area contributed by atoms with Crippen LogP contribution in [0.15, 0.2) is 48.5 Å². The van der Waals surface area contributed by atoms with Gasteiger partial charge >= 0.3 is 0 Å². The third-order valence-corrected chi connectivity index (χ3v) is 4.84. The highest BCUT2D eigenvalue weighted by Crippen LogP contribution is 2.29. The van der Waals surface area contributed by atoms with Crippen molar-refractivity contribution in [2.24, 2.45) is 0 Å². The fourth-order valence-electron chi connectivity index (χ4n) is 3.26. The van der Waals surface area contributed by atoms with Gasteiger partial charge in [0.15, 0.2) is 6.61 Å². The summed E-state index contributed by atoms with van der Waals surface area (Å²) in [6.45, 7) is 0.665. The number of carbonyl (C=O) groups excluding carboxylic acids is 2. The molecular formula is C21H22N2O3. The monoisotopic (exact) mass is 350 g/mol. The highest BCUT2D eigenvalue weighted by atomic mass is 16.5. The standard InChI is InChI=1S/C21H22N2O3/c24-20-11-6-16-12-18(9-10-19(16)22-20)26-14-21(25)23(17-7-8-17)13-15-4-2-1-3-5-15/h1-5,9-10,12,17H,6-8,11,13-14H2,(H,22,24). The molecule has 2 aromatic rings. The number of rotatable bonds is 6. The van der Waals surface area contributed by atoms with E-state index in [9.17, 15) is 9.59 Å². The fourth-order valence-corrected chi connectivity index (χ4v) is 3.26. The molecule has 1 aliphatic heterocycles. The van der Waals surface area contributed by atoms with Crippen LogP contribution in [0, 0.1) is 0 Å². The first-order chi connectivity index (χ1) is 12.7. The van der Waals surface area contributed by atoms with Gasteiger partial charge in [-0.15, -0.1) is 0 Å². The van der Waals surface area contributed by atoms with Crippen LogP contribution in [-0.4, -0.2) is 29.4 Å². The van der Waals surface area contributed by atoms with Gasteiger partial charge in [-0.25, -0.2) is 0 Å². The lowest BCUT2D eigenvalue weighted by Crippen LogP contribution is -2.36. The normalized spacial score (nSPS) is 15.8. The predicted molar refractivity (Wildman–Crippen MR) is 98.9 cm³/mol. The Morgan fingerprint density at radius 3 is 2.69 bits per heavy atom. The number of nitrogens with zero attached hydrogens (tertiary/aromatic N) is 1. The van der Waals surface area contributed by atoms with Crippen LogP contribution < -0.4 is 10.1 Å². The molecule has 0 spiro atoms. The van der Waals surface area contributed by atoms with Gasteiger partial charge in [-0.1, -0.05) is 30.3 Å². The zero-order valence-corrected chi connectivity index (χ0v) is 14.6. The molecule has 1 saturated carbocycles. The molecular weight excluding hydrogens is 328 g/mol. The van der Waals surface area contributed by atoms with Crippen molar-refractivity contribution in [3.63, 3.8) is 0 Å². The molecule has 0 unspecified atom stereocenters. The van der Waals surface area contributed by atoms with E-state index in [-0.39, 0.29) is 18.4 Å². The lowest BCUT2D eigenvalue weighted by Gasteiger charge is -2.23. The van der Waals surface area contributed by atoms with Crippen LogP contribution in [-0.2, 0) is 22.6 Å². The van der Waals surface area contributed by atoms with E-state index >= 15 is 0 Å². The molecule has 2 amide bonds. The van der Waals surface area contributed by atoms with Crippen molar-refractivity contribution < 1.29 is 14.3 Å². The van der Waals surface area contributed by atoms with Crippen molar-refractivity contribution in [2.75, 3.05) is 11.9 Å². The zero-order chi connectivity index (χ0) is 17.9. The van der Waals surface area contributed by atoms with E-state index in [0.29, 0.717) is 31.2 Å². The summed E-state index contributed by atoms with van der Waals surface area (Å²) in [5.74, 6) is 0.730. The number of nitrogens with one attached hydrogen (secondary N) is 1. The van der Waals surface area contributed by atoms with Gasteiger partial charge in [0.2, 0.25) is 5.91 Å². The zero-order valence-electron chi connectivity index (χ0n) is 14.6. The molecule has 1 fully saturated rings. The fraction of sp³-hybridized carbons (Fsp3) is 0.333. The van der Waals surface area contributed by atoms with E-state index in [1.165, 1.54) is 0 Å². The highest BCUT2D eigenvalue weighted by Gasteiger charge is 2.32. The number of aryl methyl sites for hydroxylation is 1. The molecule has 0 saturated heterocycles. The largest absolute Gasteiger partial charge is 0.484 e. The first-order valence-corrected chi connectivity index (χ1v) is 9.08. The van der Waals surface area contributed by atoms with Crippen molar-refractivity contribution in [3.8, 4) is 5.75 Å². The first-order valence-electron chi connectivity index (χ1n) is 9.08. The predicted octanol–water partition coefficient (Wildman–Crippen LogP) is 3.14. The average molecular weight is 350 g/mol. The molecule has 4 rings (SSSR count). The molecule has 5 heteroatoms. The van der Waals surface area contributed by atoms with Gasteiger partial charge < -0.3 is 15.0 Å². The summed E-state index contributed by atoms with van der Waals surface area (Å²) in [4.78, 5) is 26.0. The lowest BCUT2D eigenvalue weighted by atomic mass is 10.0. The second-order valence-electron chi connectivity index (χ2n) is 6.89. The summed E-state index contributed by atoms with van der Waals surface area (Å²) in [5.41, 5.74) is 3.03. The Morgan fingerprint density at radius 1 is 1.12 bits per heavy atom. The minimum absolute atomic E-state index is 0.0161. The van der Waals surface area contributed by atoms with Gasteiger partial charge in [0.05, 0.1) is 0 Å². The van der Waals surface area contributed by atoms with Gasteiger partial charge in [-0.05, 0) is 48.6 Å². The minimum atomic E-state index is 0.0161. The number of hydrogen-bond acceptors (Lipinski definition) is 3. The first kappa shape index (κ1) is 16.6. The molecule has 1 heterocycles. The maximum atomic E-state index is 12.7. The molecule has 5 nitrogen and oxygen atoms in total. The van der Waals surface area contributed by atoms with E-state index in [2.05, 4.69) is 5.32 Å². The maximum Gasteiger partial charge on any atom is 0.261 e. The van der Waals surface area contributed by atoms with Gasteiger partial charge in [0, 0.05) is 24.7 Å². The molecule has 0 bridgehead atoms. The maximum absolute atomic E-state index is 12.7. The Morgan fingerprint density at radius 2 is 1.92 bits per heavy atom. The molecule has 0 radical (unpaired) electrons. The Bertz CT molecular complexity index is 815. The Hall–Kier alpha value is -2.82. The molecule has 26 heavy (non-hydrogen) atoms. The second kappa shape index (κ2) is 7.20. The summed E-state index contributed by atoms with van der Waals surface area (Å²) in [5, 5.41) is 2.85. The molecule has 0 atom stereocenters. The smallest absolute Gasteiger partial charge is 0.261 e. The Balaban J connectivity index is 1.38. The Labute approximate surface area is 153 Å². The second-order valence-corrected chi connectivity index (χ2v) is 6.89. The molecule has 1 aliphatic carbocycles. The third-order valence-electron chi connectivity index (χ3n) is 4.84. The summed E-state index contributed by atoms with van der Waals surface area (Å²) in [6.07, 6.45) is 3.32. The number of hydrogen-bond donors (Lipinski definition) is 1. The minimum Gasteiger partial charge on any atom is -0.484 e. The summed E-state index contributed by atoms with van der Waals surface area (Å²) in [7, 11) is 0. The average Bonchev–Trinajstić information content (AvgIpc) is 3.50. The number of ether oxygens (including phenoxy) is 1. The van der Waals surface area contributed by atoms with Crippen LogP contribution in [0.3, 0.4) is 0 Å². The lowest BCUT2D eigenvalue weighted by molar-refractivity contribution is -0.134. The summed E-state index contributed by atoms with van der Waals surface area (Å²) < 4.78 is 5.75. The quantitative estimate of drug-likeness (QED) is 0.871. The third kappa shape index (κ3) is 3.87. The van der Waals surface area contributed by atoms with E-state index in [1.54, 1.807) is 6.07 Å². The molecule has 2 aliphatic rings. The van der Waals surface area contributed by atoms with Crippen molar-refractivity contribution in [1.82, 2.24) is 4.90 Å². The van der Waals surface area contributed by atoms with E-state index < -0.39 is 0 Å². The number of benzene rings is 2. The number of carbonyl (C=O) groups is 2. The van der Waals surface area contributed by atoms with Crippen molar-refractivity contribution in [3.05, 3.63) is 59.7 Å². The molecule has 134 valence electrons. The number of anilines is 1. The molecule has 0 aromatic heterocycles. The summed E-state index contributed by atoms with van der Waals surface area (Å²) >= 11 is 0. The van der Waals surface area contributed by atoms with Crippen LogP contribution in [0.1, 0.15) is 30.4 Å². The number of amides is 2. The van der Waals surface area contributed by atoms with E-state index in [4.69, 9.17) is 4.74 Å². The van der Waals surface area contributed by atoms with Gasteiger partial charge in [0.25, 0.3) is 5.91 Å². The highest BCUT2D eigenvalue weighted by molar-refractivity contribution is 5.94. The van der Waals surface area contributed by atoms with Crippen LogP contribution in [0.25, 0.3) is 0 Å². The van der Waals surface area contributed by atoms with Crippen LogP contribution in [0.5, 0.6) is 5.75 Å². The van der Waals surface area contributed by atoms with Gasteiger partial charge in [0.1, 0.15) is 5.75 Å². The van der Waals surface area contributed by atoms with Crippen LogP contribution in [0.4, 0.5) is 5.69 Å². The van der Waals surface area contributed by atoms with Crippen molar-refractivity contribution >= 4 is 17.5 Å². The van der Waals surface area contributed by atoms with Gasteiger partial charge in [-0.2, -0.15) is 0 Å². The molecule has 2 aromatic carbocycles. The van der Waals surface area contributed by atoms with Crippen molar-refractivity contribution in [1.29, 1.82) is 0 Å². The van der Waals surface area contributed by atoms with Crippen molar-refractivity contribution in [2.45, 2.75) is 38.3 Å². The van der Waals surface area contributed by atoms with E-state index in [0.717, 1.165) is 29.7 Å². The SMILES string of the molecule is O=C1CCc2cc(OCC(=O)N(Cc3ccccc3)C3CC3)ccc2N1. The van der Waals surface area contributed by atoms with Gasteiger partial charge in [-0.3, -0.25) is 9.59 Å². The Kier molecular flexibility index (Phi) is 4.61. The topological polar surface area (TPSA) is 58.6 Å². The van der Waals surface area contributed by atoms with Crippen LogP contribution >= 0.6 is 0 Å². The van der Waals surface area contributed by atoms with Crippen LogP contribution in [0.2, 0.25) is 0 Å². The number of fused-ring (bicyclic) bond motifs is 1. The van der Waals surface area contributed by atoms with E-state index in [1.807, 2.05) is 47.4 Å². The molecule has 1 N–H and O–H groups in total. The summed E-state index contributed by atoms with van der Waals surface area (Å²) in [6, 6.07) is 16.0.